The fraction of sp³-hybridized carbons (Fsp3) is 0.579. The molecule has 0 radical (unpaired) electrons. The van der Waals surface area contributed by atoms with E-state index in [-0.39, 0.29) is 0 Å². The minimum atomic E-state index is 0.599. The monoisotopic (exact) mass is 295 g/mol. The van der Waals surface area contributed by atoms with E-state index in [1.165, 1.54) is 61.8 Å². The van der Waals surface area contributed by atoms with Crippen LogP contribution in [-0.4, -0.2) is 40.1 Å². The molecule has 3 aliphatic rings. The zero-order valence-electron chi connectivity index (χ0n) is 13.4. The van der Waals surface area contributed by atoms with Gasteiger partial charge in [0, 0.05) is 35.7 Å². The van der Waals surface area contributed by atoms with Gasteiger partial charge in [0.15, 0.2) is 0 Å². The number of H-pyrrole nitrogens is 1. The molecule has 1 aromatic carbocycles. The number of benzene rings is 1. The standard InChI is InChI=1S/C19H25N3/c1-2-17-21-11-6-5-9-16(21)19-18-14(10-12-22(17)19)13-7-3-4-8-15(13)20-18/h3-4,7-8,16-17,19-20H,2,5-6,9-12H2,1H3/t16-,17?,19?/m1/s1. The highest BCUT2D eigenvalue weighted by atomic mass is 15.5. The molecule has 22 heavy (non-hydrogen) atoms. The van der Waals surface area contributed by atoms with Crippen LogP contribution in [-0.2, 0) is 6.42 Å². The molecule has 3 atom stereocenters. The van der Waals surface area contributed by atoms with Crippen molar-refractivity contribution in [1.29, 1.82) is 0 Å². The van der Waals surface area contributed by atoms with Gasteiger partial charge >= 0.3 is 0 Å². The summed E-state index contributed by atoms with van der Waals surface area (Å²) >= 11 is 0. The molecular weight excluding hydrogens is 270 g/mol. The van der Waals surface area contributed by atoms with E-state index in [0.717, 1.165) is 6.04 Å². The van der Waals surface area contributed by atoms with Crippen LogP contribution in [0.3, 0.4) is 0 Å². The van der Waals surface area contributed by atoms with Crippen molar-refractivity contribution < 1.29 is 0 Å². The zero-order valence-corrected chi connectivity index (χ0v) is 13.4. The molecule has 2 fully saturated rings. The number of aromatic nitrogens is 1. The highest BCUT2D eigenvalue weighted by Gasteiger charge is 2.50. The second-order valence-corrected chi connectivity index (χ2v) is 7.19. The maximum Gasteiger partial charge on any atom is 0.0672 e. The molecule has 5 rings (SSSR count). The van der Waals surface area contributed by atoms with Gasteiger partial charge in [0.1, 0.15) is 0 Å². The summed E-state index contributed by atoms with van der Waals surface area (Å²) in [5, 5.41) is 1.46. The fourth-order valence-corrected chi connectivity index (χ4v) is 5.38. The Morgan fingerprint density at radius 3 is 2.95 bits per heavy atom. The van der Waals surface area contributed by atoms with Crippen LogP contribution in [0.1, 0.15) is 49.9 Å². The van der Waals surface area contributed by atoms with Gasteiger partial charge in [-0.1, -0.05) is 31.5 Å². The molecular formula is C19H25N3. The molecule has 0 bridgehead atoms. The lowest BCUT2D eigenvalue weighted by molar-refractivity contribution is 0.0943. The number of hydrogen-bond donors (Lipinski definition) is 1. The first-order valence-corrected chi connectivity index (χ1v) is 8.99. The molecule has 0 aliphatic carbocycles. The third-order valence-electron chi connectivity index (χ3n) is 6.21. The summed E-state index contributed by atoms with van der Waals surface area (Å²) in [5.74, 6) is 0. The van der Waals surface area contributed by atoms with Crippen LogP contribution in [0, 0.1) is 0 Å². The number of nitrogens with one attached hydrogen (secondary N) is 1. The van der Waals surface area contributed by atoms with Crippen LogP contribution in [0.5, 0.6) is 0 Å². The van der Waals surface area contributed by atoms with Crippen molar-refractivity contribution in [3.63, 3.8) is 0 Å². The van der Waals surface area contributed by atoms with E-state index >= 15 is 0 Å². The maximum atomic E-state index is 3.80. The first-order chi connectivity index (χ1) is 10.9. The Morgan fingerprint density at radius 2 is 2.05 bits per heavy atom. The smallest absolute Gasteiger partial charge is 0.0672 e. The van der Waals surface area contributed by atoms with Crippen molar-refractivity contribution in [2.24, 2.45) is 0 Å². The average Bonchev–Trinajstić information content (AvgIpc) is 3.09. The van der Waals surface area contributed by atoms with Crippen LogP contribution in [0.2, 0.25) is 0 Å². The first kappa shape index (κ1) is 13.1. The summed E-state index contributed by atoms with van der Waals surface area (Å²) in [7, 11) is 0. The number of nitrogens with zero attached hydrogens (tertiary/aromatic N) is 2. The van der Waals surface area contributed by atoms with Crippen LogP contribution in [0.15, 0.2) is 24.3 Å². The van der Waals surface area contributed by atoms with Gasteiger partial charge in [-0.3, -0.25) is 9.80 Å². The summed E-state index contributed by atoms with van der Waals surface area (Å²) in [4.78, 5) is 9.41. The van der Waals surface area contributed by atoms with Gasteiger partial charge in [0.05, 0.1) is 12.2 Å². The Kier molecular flexibility index (Phi) is 2.89. The molecule has 3 heteroatoms. The molecule has 1 N–H and O–H groups in total. The maximum absolute atomic E-state index is 3.80. The highest BCUT2D eigenvalue weighted by molar-refractivity contribution is 5.85. The van der Waals surface area contributed by atoms with Crippen molar-refractivity contribution in [2.75, 3.05) is 13.1 Å². The van der Waals surface area contributed by atoms with Gasteiger partial charge < -0.3 is 4.98 Å². The lowest BCUT2D eigenvalue weighted by Crippen LogP contribution is -2.43. The van der Waals surface area contributed by atoms with Gasteiger partial charge in [-0.15, -0.1) is 0 Å². The van der Waals surface area contributed by atoms with Crippen molar-refractivity contribution in [3.05, 3.63) is 35.5 Å². The second-order valence-electron chi connectivity index (χ2n) is 7.19. The Hall–Kier alpha value is -1.32. The molecule has 1 aromatic heterocycles. The van der Waals surface area contributed by atoms with E-state index in [1.807, 2.05) is 0 Å². The lowest BCUT2D eigenvalue weighted by Gasteiger charge is -2.34. The quantitative estimate of drug-likeness (QED) is 0.867. The molecule has 0 spiro atoms. The second kappa shape index (κ2) is 4.84. The molecule has 4 heterocycles. The Morgan fingerprint density at radius 1 is 1.14 bits per heavy atom. The highest BCUT2D eigenvalue weighted by Crippen LogP contribution is 2.47. The van der Waals surface area contributed by atoms with Crippen LogP contribution < -0.4 is 0 Å². The Balaban J connectivity index is 1.66. The molecule has 3 aliphatic heterocycles. The van der Waals surface area contributed by atoms with E-state index in [2.05, 4.69) is 46.0 Å². The summed E-state index contributed by atoms with van der Waals surface area (Å²) in [6.07, 6.45) is 7.27. The molecule has 2 saturated heterocycles. The number of fused-ring (bicyclic) bond motifs is 7. The van der Waals surface area contributed by atoms with E-state index in [4.69, 9.17) is 0 Å². The normalized spacial score (nSPS) is 32.0. The minimum absolute atomic E-state index is 0.599. The van der Waals surface area contributed by atoms with Gasteiger partial charge in [0.2, 0.25) is 0 Å². The zero-order chi connectivity index (χ0) is 14.7. The van der Waals surface area contributed by atoms with Crippen LogP contribution in [0.4, 0.5) is 0 Å². The minimum Gasteiger partial charge on any atom is -0.357 e. The van der Waals surface area contributed by atoms with Crippen molar-refractivity contribution in [1.82, 2.24) is 14.8 Å². The van der Waals surface area contributed by atoms with E-state index in [1.54, 1.807) is 5.56 Å². The first-order valence-electron chi connectivity index (χ1n) is 8.99. The van der Waals surface area contributed by atoms with E-state index in [9.17, 15) is 0 Å². The summed E-state index contributed by atoms with van der Waals surface area (Å²) in [5.41, 5.74) is 4.45. The Bertz CT molecular complexity index is 704. The topological polar surface area (TPSA) is 22.3 Å². The number of rotatable bonds is 1. The van der Waals surface area contributed by atoms with Crippen LogP contribution >= 0.6 is 0 Å². The fourth-order valence-electron chi connectivity index (χ4n) is 5.38. The lowest BCUT2D eigenvalue weighted by atomic mass is 9.90. The largest absolute Gasteiger partial charge is 0.357 e. The molecule has 2 unspecified atom stereocenters. The Labute approximate surface area is 132 Å². The summed E-state index contributed by atoms with van der Waals surface area (Å²) in [6, 6.07) is 10.2. The summed E-state index contributed by atoms with van der Waals surface area (Å²) < 4.78 is 0. The predicted octanol–water partition coefficient (Wildman–Crippen LogP) is 3.67. The summed E-state index contributed by atoms with van der Waals surface area (Å²) in [6.45, 7) is 4.89. The van der Waals surface area contributed by atoms with Gasteiger partial charge in [0.25, 0.3) is 0 Å². The molecule has 2 aromatic rings. The van der Waals surface area contributed by atoms with Crippen molar-refractivity contribution in [3.8, 4) is 0 Å². The molecule has 0 amide bonds. The third-order valence-corrected chi connectivity index (χ3v) is 6.21. The number of hydrogen-bond acceptors (Lipinski definition) is 2. The van der Waals surface area contributed by atoms with Crippen molar-refractivity contribution >= 4 is 10.9 Å². The molecule has 3 nitrogen and oxygen atoms in total. The van der Waals surface area contributed by atoms with E-state index in [0.29, 0.717) is 12.2 Å². The van der Waals surface area contributed by atoms with Gasteiger partial charge in [-0.2, -0.15) is 0 Å². The van der Waals surface area contributed by atoms with Crippen LogP contribution in [0.25, 0.3) is 10.9 Å². The molecule has 0 saturated carbocycles. The van der Waals surface area contributed by atoms with Gasteiger partial charge in [-0.25, -0.2) is 0 Å². The molecule has 116 valence electrons. The predicted molar refractivity (Wildman–Crippen MR) is 89.9 cm³/mol. The van der Waals surface area contributed by atoms with Crippen molar-refractivity contribution in [2.45, 2.75) is 57.3 Å². The van der Waals surface area contributed by atoms with Gasteiger partial charge in [-0.05, 0) is 37.3 Å². The number of para-hydroxylation sites is 1. The number of piperidine rings is 1. The third kappa shape index (κ3) is 1.64. The number of aromatic amines is 1. The SMILES string of the molecule is CCC1N2CCc3c([nH]c4ccccc34)C2[C@H]2CCCCN12. The van der Waals surface area contributed by atoms with E-state index < -0.39 is 0 Å². The average molecular weight is 295 g/mol.